The summed E-state index contributed by atoms with van der Waals surface area (Å²) in [6.07, 6.45) is 3.80. The fraction of sp³-hybridized carbons (Fsp3) is 0.207. The van der Waals surface area contributed by atoms with E-state index in [1.54, 1.807) is 30.4 Å². The Morgan fingerprint density at radius 2 is 1.90 bits per heavy atom. The van der Waals surface area contributed by atoms with Crippen LogP contribution in [0.15, 0.2) is 71.3 Å². The predicted octanol–water partition coefficient (Wildman–Crippen LogP) is 5.52. The summed E-state index contributed by atoms with van der Waals surface area (Å²) in [4.78, 5) is 38.2. The molecule has 10 heteroatoms. The summed E-state index contributed by atoms with van der Waals surface area (Å²) in [5.41, 5.74) is 2.45. The Kier molecular flexibility index (Phi) is 8.73. The van der Waals surface area contributed by atoms with Crippen LogP contribution in [-0.2, 0) is 29.1 Å². The molecule has 0 radical (unpaired) electrons. The van der Waals surface area contributed by atoms with E-state index in [9.17, 15) is 14.4 Å². The van der Waals surface area contributed by atoms with Crippen molar-refractivity contribution in [2.45, 2.75) is 26.5 Å². The first-order valence-electron chi connectivity index (χ1n) is 12.1. The lowest BCUT2D eigenvalue weighted by Gasteiger charge is -2.17. The molecule has 1 aliphatic rings. The highest BCUT2D eigenvalue weighted by molar-refractivity contribution is 6.30. The van der Waals surface area contributed by atoms with Gasteiger partial charge in [-0.05, 0) is 66.9 Å². The molecule has 1 aromatic heterocycles. The molecule has 0 bridgehead atoms. The number of imide groups is 1. The van der Waals surface area contributed by atoms with Gasteiger partial charge in [0.25, 0.3) is 5.91 Å². The summed E-state index contributed by atoms with van der Waals surface area (Å²) >= 11 is 5.98. The third-order valence-corrected chi connectivity index (χ3v) is 6.00. The molecule has 1 saturated heterocycles. The molecule has 1 N–H and O–H groups in total. The van der Waals surface area contributed by atoms with Crippen molar-refractivity contribution < 1.29 is 33.0 Å². The fourth-order valence-corrected chi connectivity index (χ4v) is 4.07. The SMILES string of the molecule is C=CCc1cc(/C=C2\NC(=O)N(Cc3ccc(C(=O)OC)o3)C2=O)cc(OCC)c1OCc1ccc(Cl)cc1. The average Bonchev–Trinajstić information content (AvgIpc) is 3.49. The summed E-state index contributed by atoms with van der Waals surface area (Å²) in [6.45, 7) is 6.25. The highest BCUT2D eigenvalue weighted by Crippen LogP contribution is 2.35. The summed E-state index contributed by atoms with van der Waals surface area (Å²) in [7, 11) is 1.23. The highest BCUT2D eigenvalue weighted by atomic mass is 35.5. The Balaban J connectivity index is 1.58. The Bertz CT molecular complexity index is 1430. The predicted molar refractivity (Wildman–Crippen MR) is 144 cm³/mol. The maximum Gasteiger partial charge on any atom is 0.373 e. The standard InChI is InChI=1S/C29H27ClN2O7/c1-4-6-20-13-19(15-25(37-5-2)26(20)38-17-18-7-9-21(30)10-8-18)14-23-27(33)32(29(35)31-23)16-22-11-12-24(39-22)28(34)36-3/h4,7-15H,1,5-6,16-17H2,2-3H3,(H,31,35)/b23-14-. The summed E-state index contributed by atoms with van der Waals surface area (Å²) in [6, 6.07) is 13.3. The molecule has 3 amide bonds. The molecule has 0 spiro atoms. The van der Waals surface area contributed by atoms with Crippen molar-refractivity contribution in [2.24, 2.45) is 0 Å². The molecule has 202 valence electrons. The number of halogens is 1. The second kappa shape index (κ2) is 12.4. The van der Waals surface area contributed by atoms with E-state index in [1.165, 1.54) is 19.2 Å². The van der Waals surface area contributed by atoms with Gasteiger partial charge in [-0.3, -0.25) is 9.69 Å². The number of carbonyl (C=O) groups is 3. The molecule has 39 heavy (non-hydrogen) atoms. The number of ether oxygens (including phenoxy) is 3. The van der Waals surface area contributed by atoms with Crippen LogP contribution >= 0.6 is 11.6 Å². The number of furan rings is 1. The number of rotatable bonds is 11. The number of urea groups is 1. The molecule has 4 rings (SSSR count). The van der Waals surface area contributed by atoms with Gasteiger partial charge in [0.15, 0.2) is 11.5 Å². The maximum atomic E-state index is 13.1. The number of allylic oxidation sites excluding steroid dienone is 1. The quantitative estimate of drug-likeness (QED) is 0.145. The Hall–Kier alpha value is -4.50. The highest BCUT2D eigenvalue weighted by Gasteiger charge is 2.34. The van der Waals surface area contributed by atoms with Gasteiger partial charge in [0, 0.05) is 10.6 Å². The van der Waals surface area contributed by atoms with Gasteiger partial charge < -0.3 is 23.9 Å². The normalized spacial score (nSPS) is 13.9. The molecule has 1 aliphatic heterocycles. The van der Waals surface area contributed by atoms with Gasteiger partial charge in [0.2, 0.25) is 5.76 Å². The molecule has 1 fully saturated rings. The summed E-state index contributed by atoms with van der Waals surface area (Å²) in [5.74, 6) is 0.109. The van der Waals surface area contributed by atoms with Crippen LogP contribution in [0, 0.1) is 0 Å². The van der Waals surface area contributed by atoms with Gasteiger partial charge in [-0.25, -0.2) is 9.59 Å². The van der Waals surface area contributed by atoms with Crippen LogP contribution in [0.1, 0.15) is 39.9 Å². The van der Waals surface area contributed by atoms with Crippen LogP contribution in [-0.4, -0.2) is 36.5 Å². The van der Waals surface area contributed by atoms with Gasteiger partial charge in [0.05, 0.1) is 20.3 Å². The number of hydrogen-bond donors (Lipinski definition) is 1. The lowest BCUT2D eigenvalue weighted by Crippen LogP contribution is -2.30. The Labute approximate surface area is 230 Å². The van der Waals surface area contributed by atoms with Crippen LogP contribution in [0.5, 0.6) is 11.5 Å². The average molecular weight is 551 g/mol. The molecule has 0 atom stereocenters. The van der Waals surface area contributed by atoms with Crippen molar-refractivity contribution in [1.82, 2.24) is 10.2 Å². The van der Waals surface area contributed by atoms with Crippen molar-refractivity contribution in [3.8, 4) is 11.5 Å². The largest absolute Gasteiger partial charge is 0.490 e. The maximum absolute atomic E-state index is 13.1. The van der Waals surface area contributed by atoms with Crippen molar-refractivity contribution >= 4 is 35.6 Å². The molecule has 2 heterocycles. The lowest BCUT2D eigenvalue weighted by atomic mass is 10.0. The summed E-state index contributed by atoms with van der Waals surface area (Å²) in [5, 5.41) is 3.23. The van der Waals surface area contributed by atoms with Crippen molar-refractivity contribution in [1.29, 1.82) is 0 Å². The Morgan fingerprint density at radius 3 is 2.59 bits per heavy atom. The van der Waals surface area contributed by atoms with E-state index in [-0.39, 0.29) is 23.8 Å². The van der Waals surface area contributed by atoms with E-state index in [4.69, 9.17) is 25.5 Å². The van der Waals surface area contributed by atoms with Gasteiger partial charge in [-0.2, -0.15) is 0 Å². The topological polar surface area (TPSA) is 107 Å². The number of nitrogens with zero attached hydrogens (tertiary/aromatic N) is 1. The second-order valence-corrected chi connectivity index (χ2v) is 8.92. The van der Waals surface area contributed by atoms with Crippen LogP contribution in [0.2, 0.25) is 5.02 Å². The molecule has 0 aliphatic carbocycles. The first-order chi connectivity index (χ1) is 18.8. The van der Waals surface area contributed by atoms with Gasteiger partial charge in [0.1, 0.15) is 18.1 Å². The van der Waals surface area contributed by atoms with Crippen LogP contribution in [0.25, 0.3) is 6.08 Å². The van der Waals surface area contributed by atoms with E-state index in [0.717, 1.165) is 16.0 Å². The molecular weight excluding hydrogens is 524 g/mol. The molecule has 0 unspecified atom stereocenters. The van der Waals surface area contributed by atoms with E-state index in [2.05, 4.69) is 16.6 Å². The fourth-order valence-electron chi connectivity index (χ4n) is 3.95. The molecule has 0 saturated carbocycles. The number of hydrogen-bond acceptors (Lipinski definition) is 7. The third-order valence-electron chi connectivity index (χ3n) is 5.75. The van der Waals surface area contributed by atoms with E-state index in [1.807, 2.05) is 25.1 Å². The first-order valence-corrected chi connectivity index (χ1v) is 12.5. The smallest absolute Gasteiger partial charge is 0.373 e. The third kappa shape index (κ3) is 6.50. The molecule has 9 nitrogen and oxygen atoms in total. The zero-order valence-corrected chi connectivity index (χ0v) is 22.2. The number of amides is 3. The Morgan fingerprint density at radius 1 is 1.13 bits per heavy atom. The van der Waals surface area contributed by atoms with Gasteiger partial charge in [-0.15, -0.1) is 6.58 Å². The van der Waals surface area contributed by atoms with Gasteiger partial charge in [-0.1, -0.05) is 29.8 Å². The van der Waals surface area contributed by atoms with Crippen LogP contribution < -0.4 is 14.8 Å². The number of esters is 1. The minimum Gasteiger partial charge on any atom is -0.490 e. The van der Waals surface area contributed by atoms with Crippen LogP contribution in [0.3, 0.4) is 0 Å². The minimum atomic E-state index is -0.653. The van der Waals surface area contributed by atoms with Crippen molar-refractivity contribution in [3.05, 3.63) is 100 Å². The van der Waals surface area contributed by atoms with Crippen LogP contribution in [0.4, 0.5) is 4.79 Å². The monoisotopic (exact) mass is 550 g/mol. The number of benzene rings is 2. The molecule has 2 aromatic carbocycles. The zero-order valence-electron chi connectivity index (χ0n) is 21.5. The van der Waals surface area contributed by atoms with E-state index >= 15 is 0 Å². The second-order valence-electron chi connectivity index (χ2n) is 8.49. The lowest BCUT2D eigenvalue weighted by molar-refractivity contribution is -0.123. The minimum absolute atomic E-state index is 0.0214. The molecule has 3 aromatic rings. The van der Waals surface area contributed by atoms with E-state index < -0.39 is 17.9 Å². The zero-order chi connectivity index (χ0) is 27.9. The number of methoxy groups -OCH3 is 1. The van der Waals surface area contributed by atoms with Crippen molar-refractivity contribution in [3.63, 3.8) is 0 Å². The summed E-state index contributed by atoms with van der Waals surface area (Å²) < 4.78 is 22.0. The molecular formula is C29H27ClN2O7. The van der Waals surface area contributed by atoms with E-state index in [0.29, 0.717) is 41.7 Å². The number of carbonyl (C=O) groups excluding carboxylic acids is 3. The first kappa shape index (κ1) is 27.5. The van der Waals surface area contributed by atoms with Crippen molar-refractivity contribution in [2.75, 3.05) is 13.7 Å². The number of nitrogens with one attached hydrogen (secondary N) is 1. The van der Waals surface area contributed by atoms with Gasteiger partial charge >= 0.3 is 12.0 Å².